The normalized spacial score (nSPS) is 12.2. The van der Waals surface area contributed by atoms with E-state index < -0.39 is 11.9 Å². The molecule has 2 N–H and O–H groups in total. The second-order valence-electron chi connectivity index (χ2n) is 4.63. The Balaban J connectivity index is 1.74. The molecule has 1 unspecified atom stereocenters. The van der Waals surface area contributed by atoms with Crippen LogP contribution in [0.3, 0.4) is 0 Å². The van der Waals surface area contributed by atoms with E-state index in [1.165, 1.54) is 0 Å². The highest BCUT2D eigenvalue weighted by atomic mass is 16.4. The number of aryl methyl sites for hydroxylation is 1. The number of carboxylic acid groups (broad SMARTS) is 1. The summed E-state index contributed by atoms with van der Waals surface area (Å²) < 4.78 is 1.87. The van der Waals surface area contributed by atoms with E-state index in [9.17, 15) is 9.90 Å². The van der Waals surface area contributed by atoms with Crippen LogP contribution in [0.2, 0.25) is 0 Å². The van der Waals surface area contributed by atoms with Gasteiger partial charge < -0.3 is 10.4 Å². The highest BCUT2D eigenvalue weighted by Gasteiger charge is 2.18. The maximum atomic E-state index is 11.3. The third kappa shape index (κ3) is 4.20. The molecule has 2 aromatic rings. The molecular weight excluding hydrogens is 254 g/mol. The average molecular weight is 273 g/mol. The van der Waals surface area contributed by atoms with Gasteiger partial charge in [0, 0.05) is 25.5 Å². The number of hydrogen-bond donors (Lipinski definition) is 2. The molecule has 1 heterocycles. The van der Waals surface area contributed by atoms with Crippen molar-refractivity contribution < 1.29 is 9.90 Å². The Labute approximate surface area is 118 Å². The van der Waals surface area contributed by atoms with Gasteiger partial charge in [0.15, 0.2) is 0 Å². The zero-order valence-corrected chi connectivity index (χ0v) is 11.3. The van der Waals surface area contributed by atoms with Gasteiger partial charge in [-0.2, -0.15) is 5.10 Å². The van der Waals surface area contributed by atoms with Gasteiger partial charge in [0.1, 0.15) is 0 Å². The molecular formula is C15H19N3O2. The second-order valence-corrected chi connectivity index (χ2v) is 4.63. The SMILES string of the molecule is O=C(O)C(CNCCCn1cccn1)c1ccccc1. The molecule has 0 saturated heterocycles. The first kappa shape index (κ1) is 14.3. The minimum atomic E-state index is -0.796. The van der Waals surface area contributed by atoms with Gasteiger partial charge in [0.05, 0.1) is 5.92 Å². The second kappa shape index (κ2) is 7.45. The van der Waals surface area contributed by atoms with Crippen molar-refractivity contribution in [3.63, 3.8) is 0 Å². The molecule has 0 fully saturated rings. The Hall–Kier alpha value is -2.14. The number of nitrogens with zero attached hydrogens (tertiary/aromatic N) is 2. The predicted molar refractivity (Wildman–Crippen MR) is 76.5 cm³/mol. The molecule has 5 heteroatoms. The smallest absolute Gasteiger partial charge is 0.312 e. The molecule has 1 aromatic carbocycles. The molecule has 0 aliphatic carbocycles. The number of carbonyl (C=O) groups is 1. The van der Waals surface area contributed by atoms with Crippen LogP contribution in [0.1, 0.15) is 17.9 Å². The molecule has 0 aliphatic rings. The maximum absolute atomic E-state index is 11.3. The highest BCUT2D eigenvalue weighted by molar-refractivity contribution is 5.76. The van der Waals surface area contributed by atoms with Gasteiger partial charge >= 0.3 is 5.97 Å². The molecule has 20 heavy (non-hydrogen) atoms. The highest BCUT2D eigenvalue weighted by Crippen LogP contribution is 2.14. The largest absolute Gasteiger partial charge is 0.481 e. The fraction of sp³-hybridized carbons (Fsp3) is 0.333. The summed E-state index contributed by atoms with van der Waals surface area (Å²) in [4.78, 5) is 11.3. The molecule has 0 amide bonds. The molecule has 0 radical (unpaired) electrons. The van der Waals surface area contributed by atoms with Gasteiger partial charge in [-0.15, -0.1) is 0 Å². The molecule has 1 aromatic heterocycles. The van der Waals surface area contributed by atoms with Crippen molar-refractivity contribution in [2.45, 2.75) is 18.9 Å². The van der Waals surface area contributed by atoms with Gasteiger partial charge in [-0.25, -0.2) is 0 Å². The standard InChI is InChI=1S/C15H19N3O2/c19-15(20)14(13-6-2-1-3-7-13)12-16-8-4-10-18-11-5-9-17-18/h1-3,5-7,9,11,14,16H,4,8,10,12H2,(H,19,20). The average Bonchev–Trinajstić information content (AvgIpc) is 2.96. The summed E-state index contributed by atoms with van der Waals surface area (Å²) >= 11 is 0. The number of carboxylic acids is 1. The summed E-state index contributed by atoms with van der Waals surface area (Å²) in [6.07, 6.45) is 4.59. The topological polar surface area (TPSA) is 67.2 Å². The Bertz CT molecular complexity index is 511. The number of rotatable bonds is 8. The number of benzene rings is 1. The fourth-order valence-electron chi connectivity index (χ4n) is 2.08. The summed E-state index contributed by atoms with van der Waals surface area (Å²) in [5.41, 5.74) is 0.833. The van der Waals surface area contributed by atoms with Crippen LogP contribution < -0.4 is 5.32 Å². The lowest BCUT2D eigenvalue weighted by Crippen LogP contribution is -2.28. The van der Waals surface area contributed by atoms with E-state index in [-0.39, 0.29) is 0 Å². The predicted octanol–water partition coefficient (Wildman–Crippen LogP) is 1.73. The maximum Gasteiger partial charge on any atom is 0.312 e. The first-order chi connectivity index (χ1) is 9.77. The van der Waals surface area contributed by atoms with Crippen LogP contribution in [0.4, 0.5) is 0 Å². The van der Waals surface area contributed by atoms with Crippen LogP contribution in [0, 0.1) is 0 Å². The van der Waals surface area contributed by atoms with Gasteiger partial charge in [0.2, 0.25) is 0 Å². The zero-order chi connectivity index (χ0) is 14.2. The van der Waals surface area contributed by atoms with Crippen molar-refractivity contribution in [1.29, 1.82) is 0 Å². The fourth-order valence-corrected chi connectivity index (χ4v) is 2.08. The van der Waals surface area contributed by atoms with Crippen LogP contribution in [0.5, 0.6) is 0 Å². The van der Waals surface area contributed by atoms with Crippen LogP contribution >= 0.6 is 0 Å². The lowest BCUT2D eigenvalue weighted by Gasteiger charge is -2.13. The van der Waals surface area contributed by atoms with Crippen molar-refractivity contribution >= 4 is 5.97 Å². The van der Waals surface area contributed by atoms with E-state index in [1.807, 2.05) is 47.3 Å². The lowest BCUT2D eigenvalue weighted by molar-refractivity contribution is -0.138. The number of aromatic nitrogens is 2. The summed E-state index contributed by atoms with van der Waals surface area (Å²) in [5, 5.41) is 16.6. The van der Waals surface area contributed by atoms with E-state index in [0.717, 1.165) is 25.1 Å². The first-order valence-corrected chi connectivity index (χ1v) is 6.73. The number of hydrogen-bond acceptors (Lipinski definition) is 3. The monoisotopic (exact) mass is 273 g/mol. The minimum absolute atomic E-state index is 0.443. The lowest BCUT2D eigenvalue weighted by atomic mass is 9.99. The van der Waals surface area contributed by atoms with Crippen molar-refractivity contribution in [1.82, 2.24) is 15.1 Å². The molecule has 0 saturated carbocycles. The van der Waals surface area contributed by atoms with Crippen molar-refractivity contribution in [2.75, 3.05) is 13.1 Å². The Kier molecular flexibility index (Phi) is 5.32. The summed E-state index contributed by atoms with van der Waals surface area (Å²) in [6, 6.07) is 11.2. The van der Waals surface area contributed by atoms with E-state index >= 15 is 0 Å². The van der Waals surface area contributed by atoms with Crippen LogP contribution in [0.25, 0.3) is 0 Å². The van der Waals surface area contributed by atoms with Gasteiger partial charge in [-0.1, -0.05) is 30.3 Å². The molecule has 0 bridgehead atoms. The van der Waals surface area contributed by atoms with Gasteiger partial charge in [0.25, 0.3) is 0 Å². The summed E-state index contributed by atoms with van der Waals surface area (Å²) in [5.74, 6) is -1.29. The summed E-state index contributed by atoms with van der Waals surface area (Å²) in [7, 11) is 0. The van der Waals surface area contributed by atoms with Crippen molar-refractivity contribution in [3.8, 4) is 0 Å². The number of nitrogens with one attached hydrogen (secondary N) is 1. The van der Waals surface area contributed by atoms with Crippen molar-refractivity contribution in [3.05, 3.63) is 54.4 Å². The molecule has 106 valence electrons. The third-order valence-electron chi connectivity index (χ3n) is 3.15. The molecule has 0 spiro atoms. The van der Waals surface area contributed by atoms with E-state index in [1.54, 1.807) is 6.20 Å². The number of aliphatic carboxylic acids is 1. The van der Waals surface area contributed by atoms with Crippen LogP contribution in [-0.4, -0.2) is 33.9 Å². The Morgan fingerprint density at radius 2 is 2.10 bits per heavy atom. The Morgan fingerprint density at radius 3 is 2.75 bits per heavy atom. The molecule has 2 rings (SSSR count). The zero-order valence-electron chi connectivity index (χ0n) is 11.3. The van der Waals surface area contributed by atoms with E-state index in [2.05, 4.69) is 10.4 Å². The Morgan fingerprint density at radius 1 is 1.30 bits per heavy atom. The minimum Gasteiger partial charge on any atom is -0.481 e. The first-order valence-electron chi connectivity index (χ1n) is 6.73. The van der Waals surface area contributed by atoms with Gasteiger partial charge in [-0.05, 0) is 24.6 Å². The molecule has 1 atom stereocenters. The summed E-state index contributed by atoms with van der Waals surface area (Å²) in [6.45, 7) is 2.05. The van der Waals surface area contributed by atoms with E-state index in [4.69, 9.17) is 0 Å². The molecule has 5 nitrogen and oxygen atoms in total. The molecule has 0 aliphatic heterocycles. The van der Waals surface area contributed by atoms with Gasteiger partial charge in [-0.3, -0.25) is 9.48 Å². The quantitative estimate of drug-likeness (QED) is 0.719. The third-order valence-corrected chi connectivity index (χ3v) is 3.15. The van der Waals surface area contributed by atoms with Crippen molar-refractivity contribution in [2.24, 2.45) is 0 Å². The van der Waals surface area contributed by atoms with Crippen LogP contribution in [-0.2, 0) is 11.3 Å². The van der Waals surface area contributed by atoms with E-state index in [0.29, 0.717) is 6.54 Å². The van der Waals surface area contributed by atoms with Crippen LogP contribution in [0.15, 0.2) is 48.8 Å².